The molecule has 0 fully saturated rings. The molecule has 2 rings (SSSR count). The highest BCUT2D eigenvalue weighted by Crippen LogP contribution is 2.19. The van der Waals surface area contributed by atoms with Crippen LogP contribution in [0.4, 0.5) is 11.4 Å². The van der Waals surface area contributed by atoms with Crippen LogP contribution in [0.1, 0.15) is 22.8 Å². The number of benzene rings is 2. The quantitative estimate of drug-likeness (QED) is 0.660. The number of anilines is 2. The van der Waals surface area contributed by atoms with Crippen molar-refractivity contribution < 1.29 is 4.79 Å². The first-order chi connectivity index (χ1) is 9.06. The molecule has 19 heavy (non-hydrogen) atoms. The van der Waals surface area contributed by atoms with Gasteiger partial charge in [0.25, 0.3) is 0 Å². The monoisotopic (exact) mass is 274 g/mol. The molecule has 0 aliphatic carbocycles. The zero-order valence-electron chi connectivity index (χ0n) is 10.6. The molecule has 4 heteroatoms. The van der Waals surface area contributed by atoms with Crippen molar-refractivity contribution in [3.05, 3.63) is 58.6 Å². The molecule has 0 atom stereocenters. The van der Waals surface area contributed by atoms with Gasteiger partial charge in [-0.05, 0) is 42.8 Å². The highest BCUT2D eigenvalue weighted by Gasteiger charge is 2.05. The smallest absolute Gasteiger partial charge is 0.161 e. The van der Waals surface area contributed by atoms with Gasteiger partial charge in [0.1, 0.15) is 0 Å². The zero-order chi connectivity index (χ0) is 13.8. The number of hydrogen-bond donors (Lipinski definition) is 2. The highest BCUT2D eigenvalue weighted by molar-refractivity contribution is 6.30. The molecule has 0 unspecified atom stereocenters. The van der Waals surface area contributed by atoms with Crippen LogP contribution in [0.15, 0.2) is 42.5 Å². The van der Waals surface area contributed by atoms with Gasteiger partial charge in [-0.25, -0.2) is 0 Å². The van der Waals surface area contributed by atoms with E-state index in [1.165, 1.54) is 6.92 Å². The minimum absolute atomic E-state index is 0.0288. The van der Waals surface area contributed by atoms with Gasteiger partial charge in [-0.2, -0.15) is 0 Å². The molecule has 0 saturated carbocycles. The molecule has 0 heterocycles. The number of rotatable bonds is 4. The van der Waals surface area contributed by atoms with Gasteiger partial charge in [0.05, 0.1) is 0 Å². The van der Waals surface area contributed by atoms with E-state index < -0.39 is 0 Å². The van der Waals surface area contributed by atoms with E-state index in [1.54, 1.807) is 12.1 Å². The summed E-state index contributed by atoms with van der Waals surface area (Å²) in [4.78, 5) is 11.3. The fourth-order valence-electron chi connectivity index (χ4n) is 1.84. The van der Waals surface area contributed by atoms with Gasteiger partial charge in [-0.1, -0.05) is 23.7 Å². The lowest BCUT2D eigenvalue weighted by Crippen LogP contribution is -2.03. The summed E-state index contributed by atoms with van der Waals surface area (Å²) in [6.07, 6.45) is 0. The van der Waals surface area contributed by atoms with Gasteiger partial charge in [0.15, 0.2) is 5.78 Å². The number of carbonyl (C=O) groups is 1. The summed E-state index contributed by atoms with van der Waals surface area (Å²) in [6, 6.07) is 13.0. The zero-order valence-corrected chi connectivity index (χ0v) is 11.4. The van der Waals surface area contributed by atoms with Crippen molar-refractivity contribution in [2.75, 3.05) is 11.1 Å². The number of carbonyl (C=O) groups excluding carboxylic acids is 1. The van der Waals surface area contributed by atoms with Crippen molar-refractivity contribution in [1.29, 1.82) is 0 Å². The van der Waals surface area contributed by atoms with Crippen LogP contribution in [0, 0.1) is 0 Å². The van der Waals surface area contributed by atoms with E-state index >= 15 is 0 Å². The van der Waals surface area contributed by atoms with Crippen molar-refractivity contribution in [2.24, 2.45) is 0 Å². The molecular formula is C15H15ClN2O. The minimum Gasteiger partial charge on any atom is -0.398 e. The molecule has 2 aromatic rings. The maximum Gasteiger partial charge on any atom is 0.161 e. The van der Waals surface area contributed by atoms with Crippen LogP contribution < -0.4 is 11.1 Å². The molecule has 3 nitrogen and oxygen atoms in total. The Morgan fingerprint density at radius 3 is 2.68 bits per heavy atom. The summed E-state index contributed by atoms with van der Waals surface area (Å²) in [5.74, 6) is -0.0288. The van der Waals surface area contributed by atoms with Crippen molar-refractivity contribution >= 4 is 28.8 Å². The normalized spacial score (nSPS) is 10.2. The van der Waals surface area contributed by atoms with Gasteiger partial charge in [0.2, 0.25) is 0 Å². The Balaban J connectivity index is 2.08. The first-order valence-electron chi connectivity index (χ1n) is 5.95. The van der Waals surface area contributed by atoms with E-state index in [0.29, 0.717) is 22.8 Å². The largest absolute Gasteiger partial charge is 0.398 e. The Kier molecular flexibility index (Phi) is 4.07. The number of nitrogen functional groups attached to an aromatic ring is 1. The summed E-state index contributed by atoms with van der Waals surface area (Å²) >= 11 is 5.92. The molecule has 0 bridgehead atoms. The minimum atomic E-state index is -0.0288. The fourth-order valence-corrected chi connectivity index (χ4v) is 2.06. The Morgan fingerprint density at radius 1 is 1.26 bits per heavy atom. The summed E-state index contributed by atoms with van der Waals surface area (Å²) in [5.41, 5.74) is 8.83. The second-order valence-corrected chi connectivity index (χ2v) is 4.78. The fraction of sp³-hybridized carbons (Fsp3) is 0.133. The molecule has 0 spiro atoms. The van der Waals surface area contributed by atoms with Crippen LogP contribution in [-0.4, -0.2) is 5.78 Å². The molecule has 0 amide bonds. The van der Waals surface area contributed by atoms with Gasteiger partial charge >= 0.3 is 0 Å². The summed E-state index contributed by atoms with van der Waals surface area (Å²) in [6.45, 7) is 2.16. The predicted octanol–water partition coefficient (Wildman–Crippen LogP) is 3.74. The Labute approximate surface area is 117 Å². The van der Waals surface area contributed by atoms with Crippen LogP contribution >= 0.6 is 11.6 Å². The maximum absolute atomic E-state index is 11.3. The van der Waals surface area contributed by atoms with Crippen LogP contribution in [0.5, 0.6) is 0 Å². The van der Waals surface area contributed by atoms with E-state index in [0.717, 1.165) is 11.3 Å². The van der Waals surface area contributed by atoms with Gasteiger partial charge in [0, 0.05) is 28.5 Å². The van der Waals surface area contributed by atoms with E-state index in [-0.39, 0.29) is 5.78 Å². The highest BCUT2D eigenvalue weighted by atomic mass is 35.5. The third-order valence-electron chi connectivity index (χ3n) is 2.82. The van der Waals surface area contributed by atoms with Crippen LogP contribution in [0.25, 0.3) is 0 Å². The first kappa shape index (κ1) is 13.4. The van der Waals surface area contributed by atoms with Crippen LogP contribution in [-0.2, 0) is 6.54 Å². The van der Waals surface area contributed by atoms with Gasteiger partial charge in [-0.3, -0.25) is 4.79 Å². The van der Waals surface area contributed by atoms with E-state index in [4.69, 9.17) is 17.3 Å². The SMILES string of the molecule is CC(=O)c1ccc(NCc2cccc(Cl)c2)cc1N. The van der Waals surface area contributed by atoms with E-state index in [2.05, 4.69) is 5.32 Å². The molecule has 2 aromatic carbocycles. The van der Waals surface area contributed by atoms with Crippen LogP contribution in [0.3, 0.4) is 0 Å². The van der Waals surface area contributed by atoms with Crippen molar-refractivity contribution in [2.45, 2.75) is 13.5 Å². The van der Waals surface area contributed by atoms with Crippen molar-refractivity contribution in [3.63, 3.8) is 0 Å². The summed E-state index contributed by atoms with van der Waals surface area (Å²) in [7, 11) is 0. The number of nitrogens with one attached hydrogen (secondary N) is 1. The molecule has 0 aromatic heterocycles. The van der Waals surface area contributed by atoms with E-state index in [9.17, 15) is 4.79 Å². The summed E-state index contributed by atoms with van der Waals surface area (Å²) < 4.78 is 0. The number of Topliss-reactive ketones (excluding diaryl/α,β-unsaturated/α-hetero) is 1. The Hall–Kier alpha value is -2.00. The topological polar surface area (TPSA) is 55.1 Å². The van der Waals surface area contributed by atoms with Crippen molar-refractivity contribution in [1.82, 2.24) is 0 Å². The third-order valence-corrected chi connectivity index (χ3v) is 3.05. The standard InChI is InChI=1S/C15H15ClN2O/c1-10(19)14-6-5-13(8-15(14)17)18-9-11-3-2-4-12(16)7-11/h2-8,18H,9,17H2,1H3. The second-order valence-electron chi connectivity index (χ2n) is 4.34. The number of hydrogen-bond acceptors (Lipinski definition) is 3. The number of ketones is 1. The Morgan fingerprint density at radius 2 is 2.05 bits per heavy atom. The second kappa shape index (κ2) is 5.76. The van der Waals surface area contributed by atoms with Crippen LogP contribution in [0.2, 0.25) is 5.02 Å². The molecule has 0 aliphatic rings. The number of halogens is 1. The maximum atomic E-state index is 11.3. The predicted molar refractivity (Wildman–Crippen MR) is 79.6 cm³/mol. The van der Waals surface area contributed by atoms with E-state index in [1.807, 2.05) is 30.3 Å². The summed E-state index contributed by atoms with van der Waals surface area (Å²) in [5, 5.41) is 3.96. The van der Waals surface area contributed by atoms with Crippen molar-refractivity contribution in [3.8, 4) is 0 Å². The average molecular weight is 275 g/mol. The average Bonchev–Trinajstić information content (AvgIpc) is 2.36. The lowest BCUT2D eigenvalue weighted by Gasteiger charge is -2.09. The molecular weight excluding hydrogens is 260 g/mol. The lowest BCUT2D eigenvalue weighted by atomic mass is 10.1. The molecule has 0 saturated heterocycles. The van der Waals surface area contributed by atoms with Gasteiger partial charge < -0.3 is 11.1 Å². The molecule has 0 radical (unpaired) electrons. The molecule has 98 valence electrons. The lowest BCUT2D eigenvalue weighted by molar-refractivity contribution is 0.101. The van der Waals surface area contributed by atoms with Gasteiger partial charge in [-0.15, -0.1) is 0 Å². The first-order valence-corrected chi connectivity index (χ1v) is 6.33. The number of nitrogens with two attached hydrogens (primary N) is 1. The molecule has 0 aliphatic heterocycles. The molecule has 3 N–H and O–H groups in total. The Bertz CT molecular complexity index is 611. The third kappa shape index (κ3) is 3.48.